The zero-order chi connectivity index (χ0) is 13.9. The van der Waals surface area contributed by atoms with E-state index in [1.54, 1.807) is 24.3 Å². The molecule has 0 saturated heterocycles. The summed E-state index contributed by atoms with van der Waals surface area (Å²) in [7, 11) is 0. The van der Waals surface area contributed by atoms with Crippen LogP contribution in [-0.4, -0.2) is 15.0 Å². The largest absolute Gasteiger partial charge is 0.487 e. The number of nitrogens with zero attached hydrogens (tertiary/aromatic N) is 4. The van der Waals surface area contributed by atoms with Crippen LogP contribution in [0.5, 0.6) is 5.75 Å². The third-order valence-corrected chi connectivity index (χ3v) is 2.60. The Kier molecular flexibility index (Phi) is 3.52. The first-order valence-electron chi connectivity index (χ1n) is 6.04. The number of nitriles is 1. The Bertz CT molecular complexity index is 587. The van der Waals surface area contributed by atoms with E-state index in [2.05, 4.69) is 37.2 Å². The number of rotatable bonds is 3. The fourth-order valence-corrected chi connectivity index (χ4v) is 1.48. The van der Waals surface area contributed by atoms with Crippen LogP contribution in [0.1, 0.15) is 32.0 Å². The van der Waals surface area contributed by atoms with Gasteiger partial charge < -0.3 is 4.74 Å². The zero-order valence-electron chi connectivity index (χ0n) is 11.3. The lowest BCUT2D eigenvalue weighted by Gasteiger charge is -2.17. The summed E-state index contributed by atoms with van der Waals surface area (Å²) in [5.74, 6) is 0.712. The van der Waals surface area contributed by atoms with E-state index in [0.717, 1.165) is 5.69 Å². The van der Waals surface area contributed by atoms with Crippen LogP contribution in [0.15, 0.2) is 30.5 Å². The Hall–Kier alpha value is -2.35. The molecule has 0 aliphatic heterocycles. The molecule has 0 fully saturated rings. The highest BCUT2D eigenvalue weighted by Gasteiger charge is 2.15. The predicted molar refractivity (Wildman–Crippen MR) is 70.5 cm³/mol. The second-order valence-electron chi connectivity index (χ2n) is 5.25. The molecule has 0 radical (unpaired) electrons. The molecule has 0 N–H and O–H groups in total. The Balaban J connectivity index is 1.99. The summed E-state index contributed by atoms with van der Waals surface area (Å²) >= 11 is 0. The second-order valence-corrected chi connectivity index (χ2v) is 5.25. The second kappa shape index (κ2) is 5.11. The van der Waals surface area contributed by atoms with Gasteiger partial charge in [-0.2, -0.15) is 5.26 Å². The molecule has 0 aliphatic rings. The van der Waals surface area contributed by atoms with Gasteiger partial charge in [-0.3, -0.25) is 0 Å². The van der Waals surface area contributed by atoms with Crippen LogP contribution in [0.2, 0.25) is 0 Å². The molecule has 0 unspecified atom stereocenters. The van der Waals surface area contributed by atoms with Crippen molar-refractivity contribution in [2.24, 2.45) is 0 Å². The molecule has 1 aromatic heterocycles. The minimum Gasteiger partial charge on any atom is -0.487 e. The van der Waals surface area contributed by atoms with Crippen LogP contribution in [-0.2, 0) is 12.1 Å². The quantitative estimate of drug-likeness (QED) is 0.846. The first-order valence-corrected chi connectivity index (χ1v) is 6.04. The molecule has 2 rings (SSSR count). The third-order valence-electron chi connectivity index (χ3n) is 2.60. The van der Waals surface area contributed by atoms with Crippen LogP contribution in [0.4, 0.5) is 0 Å². The van der Waals surface area contributed by atoms with Gasteiger partial charge in [0.1, 0.15) is 18.1 Å². The van der Waals surface area contributed by atoms with Gasteiger partial charge in [0, 0.05) is 0 Å². The molecule has 0 saturated carbocycles. The van der Waals surface area contributed by atoms with Gasteiger partial charge in [-0.15, -0.1) is 5.10 Å². The van der Waals surface area contributed by atoms with Crippen molar-refractivity contribution in [3.63, 3.8) is 0 Å². The first kappa shape index (κ1) is 13.1. The van der Waals surface area contributed by atoms with Crippen LogP contribution in [0, 0.1) is 11.3 Å². The summed E-state index contributed by atoms with van der Waals surface area (Å²) < 4.78 is 7.40. The maximum absolute atomic E-state index is 8.70. The summed E-state index contributed by atoms with van der Waals surface area (Å²) in [6.07, 6.45) is 1.88. The monoisotopic (exact) mass is 256 g/mol. The van der Waals surface area contributed by atoms with Crippen molar-refractivity contribution >= 4 is 0 Å². The Morgan fingerprint density at radius 2 is 1.95 bits per heavy atom. The molecule has 5 nitrogen and oxygen atoms in total. The lowest BCUT2D eigenvalue weighted by atomic mass is 10.1. The van der Waals surface area contributed by atoms with E-state index < -0.39 is 0 Å². The highest BCUT2D eigenvalue weighted by Crippen LogP contribution is 2.15. The molecule has 0 amide bonds. The van der Waals surface area contributed by atoms with Crippen molar-refractivity contribution in [2.45, 2.75) is 32.9 Å². The molecular weight excluding hydrogens is 240 g/mol. The van der Waals surface area contributed by atoms with E-state index >= 15 is 0 Å². The molecule has 2 aromatic rings. The van der Waals surface area contributed by atoms with E-state index in [4.69, 9.17) is 10.00 Å². The van der Waals surface area contributed by atoms with E-state index in [9.17, 15) is 0 Å². The normalized spacial score (nSPS) is 11.1. The molecule has 1 heterocycles. The lowest BCUT2D eigenvalue weighted by molar-refractivity contribution is 0.301. The highest BCUT2D eigenvalue weighted by atomic mass is 16.5. The van der Waals surface area contributed by atoms with Gasteiger partial charge in [0.2, 0.25) is 0 Å². The fraction of sp³-hybridized carbons (Fsp3) is 0.357. The maximum Gasteiger partial charge on any atom is 0.134 e. The van der Waals surface area contributed by atoms with Gasteiger partial charge in [-0.1, -0.05) is 5.21 Å². The number of hydrogen-bond donors (Lipinski definition) is 0. The first-order chi connectivity index (χ1) is 8.99. The topological polar surface area (TPSA) is 63.7 Å². The number of ether oxygens (including phenoxy) is 1. The standard InChI is InChI=1S/C14H16N4O/c1-14(2,3)18-9-12(16-17-18)10-19-13-6-4-11(8-15)5-7-13/h4-7,9H,10H2,1-3H3. The van der Waals surface area contributed by atoms with Crippen molar-refractivity contribution in [1.29, 1.82) is 5.26 Å². The van der Waals surface area contributed by atoms with E-state index in [1.807, 2.05) is 10.9 Å². The van der Waals surface area contributed by atoms with Crippen LogP contribution < -0.4 is 4.74 Å². The average molecular weight is 256 g/mol. The molecule has 19 heavy (non-hydrogen) atoms. The molecule has 98 valence electrons. The van der Waals surface area contributed by atoms with Crippen molar-refractivity contribution < 1.29 is 4.74 Å². The zero-order valence-corrected chi connectivity index (χ0v) is 11.3. The molecular formula is C14H16N4O. The number of benzene rings is 1. The average Bonchev–Trinajstić information content (AvgIpc) is 2.86. The van der Waals surface area contributed by atoms with Crippen molar-refractivity contribution in [1.82, 2.24) is 15.0 Å². The smallest absolute Gasteiger partial charge is 0.134 e. The van der Waals surface area contributed by atoms with E-state index in [0.29, 0.717) is 17.9 Å². The summed E-state index contributed by atoms with van der Waals surface area (Å²) in [5, 5.41) is 16.8. The van der Waals surface area contributed by atoms with Crippen molar-refractivity contribution in [3.05, 3.63) is 41.7 Å². The lowest BCUT2D eigenvalue weighted by Crippen LogP contribution is -2.22. The highest BCUT2D eigenvalue weighted by molar-refractivity contribution is 5.34. The summed E-state index contributed by atoms with van der Waals surface area (Å²) in [5.41, 5.74) is 1.31. The minimum atomic E-state index is -0.0836. The Labute approximate surface area is 112 Å². The van der Waals surface area contributed by atoms with Gasteiger partial charge in [-0.25, -0.2) is 4.68 Å². The SMILES string of the molecule is CC(C)(C)n1cc(COc2ccc(C#N)cc2)nn1. The molecule has 0 bridgehead atoms. The molecule has 1 aromatic carbocycles. The van der Waals surface area contributed by atoms with Gasteiger partial charge >= 0.3 is 0 Å². The Morgan fingerprint density at radius 3 is 2.47 bits per heavy atom. The summed E-state index contributed by atoms with van der Waals surface area (Å²) in [4.78, 5) is 0. The van der Waals surface area contributed by atoms with Gasteiger partial charge in [0.05, 0.1) is 23.4 Å². The van der Waals surface area contributed by atoms with Gasteiger partial charge in [0.15, 0.2) is 0 Å². The molecule has 5 heteroatoms. The van der Waals surface area contributed by atoms with Gasteiger partial charge in [-0.05, 0) is 45.0 Å². The fourth-order valence-electron chi connectivity index (χ4n) is 1.48. The van der Waals surface area contributed by atoms with Crippen LogP contribution in [0.25, 0.3) is 0 Å². The van der Waals surface area contributed by atoms with E-state index in [-0.39, 0.29) is 5.54 Å². The molecule has 0 aliphatic carbocycles. The van der Waals surface area contributed by atoms with Crippen LogP contribution >= 0.6 is 0 Å². The minimum absolute atomic E-state index is 0.0836. The Morgan fingerprint density at radius 1 is 1.26 bits per heavy atom. The summed E-state index contributed by atoms with van der Waals surface area (Å²) in [6.45, 7) is 6.55. The van der Waals surface area contributed by atoms with E-state index in [1.165, 1.54) is 0 Å². The third kappa shape index (κ3) is 3.32. The molecule has 0 spiro atoms. The summed E-state index contributed by atoms with van der Waals surface area (Å²) in [6, 6.07) is 9.05. The molecule has 0 atom stereocenters. The maximum atomic E-state index is 8.70. The van der Waals surface area contributed by atoms with Crippen LogP contribution in [0.3, 0.4) is 0 Å². The number of aromatic nitrogens is 3. The predicted octanol–water partition coefficient (Wildman–Crippen LogP) is 2.48. The van der Waals surface area contributed by atoms with Crippen molar-refractivity contribution in [2.75, 3.05) is 0 Å². The van der Waals surface area contributed by atoms with Gasteiger partial charge in [0.25, 0.3) is 0 Å². The number of hydrogen-bond acceptors (Lipinski definition) is 4. The van der Waals surface area contributed by atoms with Crippen molar-refractivity contribution in [3.8, 4) is 11.8 Å².